The summed E-state index contributed by atoms with van der Waals surface area (Å²) in [5.74, 6) is -1.36. The third-order valence-electron chi connectivity index (χ3n) is 6.64. The lowest BCUT2D eigenvalue weighted by Gasteiger charge is -2.44. The van der Waals surface area contributed by atoms with Crippen molar-refractivity contribution in [1.29, 1.82) is 10.5 Å². The van der Waals surface area contributed by atoms with Crippen LogP contribution in [0.15, 0.2) is 36.4 Å². The van der Waals surface area contributed by atoms with Crippen molar-refractivity contribution in [3.63, 3.8) is 0 Å². The number of piperazine rings is 1. The lowest BCUT2D eigenvalue weighted by Crippen LogP contribution is -2.59. The Kier molecular flexibility index (Phi) is 6.65. The van der Waals surface area contributed by atoms with Crippen LogP contribution in [0, 0.1) is 28.5 Å². The van der Waals surface area contributed by atoms with Gasteiger partial charge in [-0.1, -0.05) is 0 Å². The Morgan fingerprint density at radius 1 is 1.11 bits per heavy atom. The number of nitrogens with one attached hydrogen (secondary N) is 1. The van der Waals surface area contributed by atoms with E-state index in [2.05, 4.69) is 5.32 Å². The first-order valence-corrected chi connectivity index (χ1v) is 11.3. The van der Waals surface area contributed by atoms with Gasteiger partial charge < -0.3 is 15.3 Å². The molecule has 2 aliphatic rings. The highest BCUT2D eigenvalue weighted by Crippen LogP contribution is 2.37. The molecule has 0 saturated carbocycles. The van der Waals surface area contributed by atoms with Crippen LogP contribution in [-0.2, 0) is 11.0 Å². The highest BCUT2D eigenvalue weighted by molar-refractivity contribution is 5.97. The summed E-state index contributed by atoms with van der Waals surface area (Å²) in [5.41, 5.74) is -3.22. The van der Waals surface area contributed by atoms with Gasteiger partial charge in [-0.3, -0.25) is 9.69 Å². The van der Waals surface area contributed by atoms with E-state index in [1.165, 1.54) is 25.1 Å². The second-order valence-electron chi connectivity index (χ2n) is 9.36. The van der Waals surface area contributed by atoms with Gasteiger partial charge in [0, 0.05) is 37.4 Å². The molecule has 2 unspecified atom stereocenters. The van der Waals surface area contributed by atoms with Crippen molar-refractivity contribution in [2.45, 2.75) is 43.6 Å². The predicted molar refractivity (Wildman–Crippen MR) is 122 cm³/mol. The first kappa shape index (κ1) is 25.4. The number of nitriles is 2. The number of nitrogens with zero attached hydrogens (tertiary/aromatic N) is 4. The molecule has 2 aliphatic heterocycles. The van der Waals surface area contributed by atoms with E-state index in [-0.39, 0.29) is 29.9 Å². The molecule has 2 fully saturated rings. The summed E-state index contributed by atoms with van der Waals surface area (Å²) in [5, 5.41) is 31.1. The summed E-state index contributed by atoms with van der Waals surface area (Å²) in [4.78, 5) is 16.6. The number of alkyl halides is 3. The standard InChI is InChI=1S/C25H23F4N5O2/c1-24(36,23(35)32-17-4-3-16(11-31)20(9-17)25(27,28)29)14-33-12-18-5-6-19(13-33)34(18)22-7-2-15(10-30)8-21(22)26/h2-4,7-9,18-19,36H,5-6,12-14H2,1H3,(H,32,35)/t18?,19?,24-/m0/s1. The zero-order valence-corrected chi connectivity index (χ0v) is 19.3. The fourth-order valence-electron chi connectivity index (χ4n) is 5.03. The first-order valence-electron chi connectivity index (χ1n) is 11.3. The van der Waals surface area contributed by atoms with E-state index in [0.29, 0.717) is 24.8 Å². The smallest absolute Gasteiger partial charge is 0.379 e. The highest BCUT2D eigenvalue weighted by atomic mass is 19.4. The van der Waals surface area contributed by atoms with Crippen LogP contribution in [0.25, 0.3) is 0 Å². The second kappa shape index (κ2) is 9.41. The van der Waals surface area contributed by atoms with E-state index < -0.39 is 34.6 Å². The van der Waals surface area contributed by atoms with Crippen LogP contribution in [0.3, 0.4) is 0 Å². The van der Waals surface area contributed by atoms with Crippen LogP contribution in [-0.4, -0.2) is 53.2 Å². The summed E-state index contributed by atoms with van der Waals surface area (Å²) in [6, 6.07) is 10.4. The minimum absolute atomic E-state index is 0.0575. The Bertz CT molecular complexity index is 1250. The SMILES string of the molecule is C[C@](O)(CN1CC2CCC(C1)N2c1ccc(C#N)cc1F)C(=O)Nc1ccc(C#N)c(C(F)(F)F)c1. The number of β-amino-alcohol motifs (C(OH)–C–C–N with tert-alkyl or cyclic N) is 1. The molecule has 2 aromatic rings. The minimum atomic E-state index is -4.78. The number of benzene rings is 2. The van der Waals surface area contributed by atoms with E-state index >= 15 is 0 Å². The molecule has 2 bridgehead atoms. The molecule has 188 valence electrons. The molecule has 2 aromatic carbocycles. The second-order valence-corrected chi connectivity index (χ2v) is 9.36. The third-order valence-corrected chi connectivity index (χ3v) is 6.64. The maximum absolute atomic E-state index is 14.6. The molecule has 0 spiro atoms. The van der Waals surface area contributed by atoms with Crippen LogP contribution in [0.2, 0.25) is 0 Å². The van der Waals surface area contributed by atoms with E-state index in [9.17, 15) is 27.5 Å². The van der Waals surface area contributed by atoms with E-state index in [1.807, 2.05) is 15.9 Å². The maximum Gasteiger partial charge on any atom is 0.417 e. The lowest BCUT2D eigenvalue weighted by molar-refractivity contribution is -0.138. The van der Waals surface area contributed by atoms with Crippen molar-refractivity contribution < 1.29 is 27.5 Å². The molecule has 4 rings (SSSR count). The Balaban J connectivity index is 1.44. The third kappa shape index (κ3) is 4.99. The normalized spacial score (nSPS) is 21.4. The number of carbonyl (C=O) groups excluding carboxylic acids is 1. The number of halogens is 4. The number of hydrogen-bond acceptors (Lipinski definition) is 6. The van der Waals surface area contributed by atoms with Crippen LogP contribution in [0.5, 0.6) is 0 Å². The number of carbonyl (C=O) groups is 1. The summed E-state index contributed by atoms with van der Waals surface area (Å²) in [6.45, 7) is 2.12. The number of aliphatic hydroxyl groups is 1. The molecule has 0 aliphatic carbocycles. The summed E-state index contributed by atoms with van der Waals surface area (Å²) in [6.07, 6.45) is -3.19. The molecule has 2 saturated heterocycles. The van der Waals surface area contributed by atoms with Crippen molar-refractivity contribution in [3.8, 4) is 12.1 Å². The molecule has 11 heteroatoms. The average molecular weight is 501 g/mol. The molecule has 0 radical (unpaired) electrons. The van der Waals surface area contributed by atoms with Crippen LogP contribution < -0.4 is 10.2 Å². The number of amides is 1. The molecule has 0 aromatic heterocycles. The first-order chi connectivity index (χ1) is 16.9. The molecular weight excluding hydrogens is 478 g/mol. The van der Waals surface area contributed by atoms with Crippen LogP contribution in [0.4, 0.5) is 28.9 Å². The fourth-order valence-corrected chi connectivity index (χ4v) is 5.03. The molecular formula is C25H23F4N5O2. The van der Waals surface area contributed by atoms with Gasteiger partial charge in [0.05, 0.1) is 34.5 Å². The zero-order chi connectivity index (χ0) is 26.3. The average Bonchev–Trinajstić information content (AvgIpc) is 3.07. The van der Waals surface area contributed by atoms with Crippen LogP contribution in [0.1, 0.15) is 36.5 Å². The molecule has 36 heavy (non-hydrogen) atoms. The predicted octanol–water partition coefficient (Wildman–Crippen LogP) is 3.63. The Labute approximate surface area is 205 Å². The largest absolute Gasteiger partial charge is 0.417 e. The van der Waals surface area contributed by atoms with Gasteiger partial charge in [-0.15, -0.1) is 0 Å². The highest BCUT2D eigenvalue weighted by Gasteiger charge is 2.44. The quantitative estimate of drug-likeness (QED) is 0.607. The molecule has 2 N–H and O–H groups in total. The number of rotatable bonds is 5. The summed E-state index contributed by atoms with van der Waals surface area (Å²) in [7, 11) is 0. The van der Waals surface area contributed by atoms with Crippen molar-refractivity contribution in [3.05, 3.63) is 58.9 Å². The summed E-state index contributed by atoms with van der Waals surface area (Å²) < 4.78 is 54.3. The molecule has 3 atom stereocenters. The number of fused-ring (bicyclic) bond motifs is 2. The van der Waals surface area contributed by atoms with Gasteiger partial charge in [0.2, 0.25) is 0 Å². The van der Waals surface area contributed by atoms with Gasteiger partial charge in [0.25, 0.3) is 5.91 Å². The van der Waals surface area contributed by atoms with Gasteiger partial charge in [0.15, 0.2) is 5.60 Å². The van der Waals surface area contributed by atoms with E-state index in [0.717, 1.165) is 18.9 Å². The Hall–Kier alpha value is -3.67. The van der Waals surface area contributed by atoms with Crippen molar-refractivity contribution in [2.24, 2.45) is 0 Å². The number of hydrogen-bond donors (Lipinski definition) is 2. The van der Waals surface area contributed by atoms with Gasteiger partial charge in [-0.2, -0.15) is 23.7 Å². The zero-order valence-electron chi connectivity index (χ0n) is 19.3. The van der Waals surface area contributed by atoms with Gasteiger partial charge in [-0.25, -0.2) is 4.39 Å². The van der Waals surface area contributed by atoms with Gasteiger partial charge in [0.1, 0.15) is 5.82 Å². The van der Waals surface area contributed by atoms with Gasteiger partial charge in [-0.05, 0) is 56.2 Å². The summed E-state index contributed by atoms with van der Waals surface area (Å²) >= 11 is 0. The van der Waals surface area contributed by atoms with E-state index in [1.54, 1.807) is 12.1 Å². The van der Waals surface area contributed by atoms with Crippen molar-refractivity contribution >= 4 is 17.3 Å². The van der Waals surface area contributed by atoms with E-state index in [4.69, 9.17) is 10.5 Å². The Morgan fingerprint density at radius 2 is 1.78 bits per heavy atom. The van der Waals surface area contributed by atoms with Gasteiger partial charge >= 0.3 is 6.18 Å². The number of likely N-dealkylation sites (tertiary alicyclic amines) is 1. The number of anilines is 2. The minimum Gasteiger partial charge on any atom is -0.379 e. The monoisotopic (exact) mass is 501 g/mol. The topological polar surface area (TPSA) is 103 Å². The lowest BCUT2D eigenvalue weighted by atomic mass is 10.0. The molecule has 7 nitrogen and oxygen atoms in total. The van der Waals surface area contributed by atoms with Crippen molar-refractivity contribution in [1.82, 2.24) is 4.90 Å². The van der Waals surface area contributed by atoms with Crippen LogP contribution >= 0.6 is 0 Å². The van der Waals surface area contributed by atoms with Crippen molar-refractivity contribution in [2.75, 3.05) is 29.9 Å². The maximum atomic E-state index is 14.6. The molecule has 2 heterocycles. The fraction of sp³-hybridized carbons (Fsp3) is 0.400. The Morgan fingerprint density at radius 3 is 2.33 bits per heavy atom. The molecule has 1 amide bonds.